The molecule has 0 saturated carbocycles. The normalized spacial score (nSPS) is 25.2. The first-order valence-corrected chi connectivity index (χ1v) is 18.0. The molecule has 0 aliphatic carbocycles. The second kappa shape index (κ2) is 21.5. The van der Waals surface area contributed by atoms with Crippen molar-refractivity contribution in [3.63, 3.8) is 0 Å². The van der Waals surface area contributed by atoms with Gasteiger partial charge < -0.3 is 14.2 Å². The lowest BCUT2D eigenvalue weighted by atomic mass is 10.0. The van der Waals surface area contributed by atoms with Crippen LogP contribution < -0.4 is 0 Å². The summed E-state index contributed by atoms with van der Waals surface area (Å²) in [5.74, 6) is -0.0966. The highest BCUT2D eigenvalue weighted by Crippen LogP contribution is 2.36. The van der Waals surface area contributed by atoms with E-state index < -0.39 is 0 Å². The fourth-order valence-corrected chi connectivity index (χ4v) is 6.49. The van der Waals surface area contributed by atoms with Crippen molar-refractivity contribution in [3.8, 4) is 0 Å². The Morgan fingerprint density at radius 1 is 0.585 bits per heavy atom. The van der Waals surface area contributed by atoms with Crippen LogP contribution in [0, 0.1) is 0 Å². The number of hydrogen-bond acceptors (Lipinski definition) is 4. The molecule has 0 spiro atoms. The van der Waals surface area contributed by atoms with Gasteiger partial charge in [-0.05, 0) is 70.8 Å². The molecule has 3 aliphatic heterocycles. The van der Waals surface area contributed by atoms with Gasteiger partial charge in [-0.1, -0.05) is 122 Å². The predicted molar refractivity (Wildman–Crippen MR) is 171 cm³/mol. The van der Waals surface area contributed by atoms with Crippen molar-refractivity contribution < 1.29 is 19.0 Å². The highest BCUT2D eigenvalue weighted by molar-refractivity contribution is 5.90. The Hall–Kier alpha value is -1.13. The third-order valence-corrected chi connectivity index (χ3v) is 9.30. The van der Waals surface area contributed by atoms with Crippen LogP contribution in [0.15, 0.2) is 23.8 Å². The van der Waals surface area contributed by atoms with Crippen LogP contribution >= 0.6 is 0 Å². The van der Waals surface area contributed by atoms with Crippen LogP contribution in [0.25, 0.3) is 0 Å². The van der Waals surface area contributed by atoms with Gasteiger partial charge in [0.2, 0.25) is 0 Å². The fourth-order valence-electron chi connectivity index (χ4n) is 6.49. The number of ether oxygens (including phenoxy) is 3. The molecular weight excluding hydrogens is 508 g/mol. The van der Waals surface area contributed by atoms with Gasteiger partial charge in [-0.3, -0.25) is 0 Å². The van der Waals surface area contributed by atoms with Crippen molar-refractivity contribution in [2.75, 3.05) is 0 Å². The van der Waals surface area contributed by atoms with Crippen LogP contribution in [0.5, 0.6) is 0 Å². The van der Waals surface area contributed by atoms with Crippen molar-refractivity contribution in [2.24, 2.45) is 0 Å². The largest absolute Gasteiger partial charge is 0.455 e. The van der Waals surface area contributed by atoms with Crippen LogP contribution in [0.1, 0.15) is 174 Å². The zero-order chi connectivity index (χ0) is 29.0. The topological polar surface area (TPSA) is 51.4 Å². The number of epoxide rings is 2. The molecular formula is C37H64O4. The van der Waals surface area contributed by atoms with Crippen molar-refractivity contribution in [2.45, 2.75) is 205 Å². The lowest BCUT2D eigenvalue weighted by Crippen LogP contribution is -2.03. The smallest absolute Gasteiger partial charge is 0.334 e. The van der Waals surface area contributed by atoms with Gasteiger partial charge in [0, 0.05) is 5.57 Å². The molecule has 3 rings (SSSR count). The van der Waals surface area contributed by atoms with E-state index in [1.54, 1.807) is 0 Å². The number of cyclic esters (lactones) is 1. The molecule has 0 amide bonds. The second-order valence-corrected chi connectivity index (χ2v) is 13.2. The molecule has 0 radical (unpaired) electrons. The minimum Gasteiger partial charge on any atom is -0.455 e. The quantitative estimate of drug-likeness (QED) is 0.0405. The molecule has 0 N–H and O–H groups in total. The van der Waals surface area contributed by atoms with Gasteiger partial charge in [0.05, 0.1) is 24.4 Å². The van der Waals surface area contributed by atoms with Gasteiger partial charge >= 0.3 is 5.97 Å². The van der Waals surface area contributed by atoms with E-state index >= 15 is 0 Å². The maximum Gasteiger partial charge on any atom is 0.334 e. The molecule has 2 saturated heterocycles. The number of unbranched alkanes of at least 4 members (excludes halogenated alkanes) is 17. The Balaban J connectivity index is 0.994. The number of allylic oxidation sites excluding steroid dienone is 2. The van der Waals surface area contributed by atoms with Gasteiger partial charge in [-0.2, -0.15) is 0 Å². The summed E-state index contributed by atoms with van der Waals surface area (Å²) in [5, 5.41) is 0. The standard InChI is InChI=1S/C37H64O4/c1-3-4-5-6-7-8-9-10-14-17-20-23-26-33-35(40-33)28-29-36-34(41-36)27-24-21-18-15-12-11-13-16-19-22-25-32-30-31(2)39-37(32)38/h17,20,30-31,33-36H,3-16,18-19,21-29H2,1-2H3/b20-17-/t31-,33+,34-,35-,36+/m1/s1. The summed E-state index contributed by atoms with van der Waals surface area (Å²) in [6.45, 7) is 4.22. The SMILES string of the molecule is CCCCCCCCCC/C=C\CC[C@@H]1O[C@@H]1CC[C@@H]1O[C@@H]1CCCCCCCCCCCCC1=C[C@@H](C)OC1=O. The number of esters is 1. The van der Waals surface area contributed by atoms with E-state index in [-0.39, 0.29) is 12.1 Å². The van der Waals surface area contributed by atoms with E-state index in [2.05, 4.69) is 19.1 Å². The minimum absolute atomic E-state index is 0.0250. The molecule has 0 bridgehead atoms. The lowest BCUT2D eigenvalue weighted by Gasteiger charge is -2.03. The summed E-state index contributed by atoms with van der Waals surface area (Å²) in [4.78, 5) is 11.6. The zero-order valence-electron chi connectivity index (χ0n) is 26.9. The molecule has 0 aromatic rings. The summed E-state index contributed by atoms with van der Waals surface area (Å²) in [5.41, 5.74) is 0.893. The number of carbonyl (C=O) groups is 1. The van der Waals surface area contributed by atoms with E-state index in [0.717, 1.165) is 18.4 Å². The molecule has 3 heterocycles. The van der Waals surface area contributed by atoms with Crippen molar-refractivity contribution in [1.29, 1.82) is 0 Å². The molecule has 0 aromatic heterocycles. The number of rotatable bonds is 28. The summed E-state index contributed by atoms with van der Waals surface area (Å²) < 4.78 is 17.0. The Labute approximate surface area is 253 Å². The summed E-state index contributed by atoms with van der Waals surface area (Å²) in [6.07, 6.45) is 41.3. The molecule has 5 atom stereocenters. The molecule has 3 aliphatic rings. The van der Waals surface area contributed by atoms with Crippen molar-refractivity contribution in [1.82, 2.24) is 0 Å². The van der Waals surface area contributed by atoms with E-state index in [9.17, 15) is 4.79 Å². The Kier molecular flexibility index (Phi) is 18.1. The second-order valence-electron chi connectivity index (χ2n) is 13.2. The highest BCUT2D eigenvalue weighted by Gasteiger charge is 2.42. The molecule has 236 valence electrons. The van der Waals surface area contributed by atoms with Crippen molar-refractivity contribution in [3.05, 3.63) is 23.8 Å². The van der Waals surface area contributed by atoms with Crippen molar-refractivity contribution >= 4 is 5.97 Å². The third kappa shape index (κ3) is 16.3. The Bertz CT molecular complexity index is 743. The van der Waals surface area contributed by atoms with Gasteiger partial charge in [0.15, 0.2) is 0 Å². The summed E-state index contributed by atoms with van der Waals surface area (Å²) in [7, 11) is 0. The molecule has 0 aromatic carbocycles. The minimum atomic E-state index is -0.0966. The van der Waals surface area contributed by atoms with Crippen LogP contribution in [-0.2, 0) is 19.0 Å². The Morgan fingerprint density at radius 3 is 1.66 bits per heavy atom. The van der Waals surface area contributed by atoms with Gasteiger partial charge in [-0.15, -0.1) is 0 Å². The molecule has 41 heavy (non-hydrogen) atoms. The molecule has 0 unspecified atom stereocenters. The third-order valence-electron chi connectivity index (χ3n) is 9.30. The maximum atomic E-state index is 11.6. The summed E-state index contributed by atoms with van der Waals surface area (Å²) >= 11 is 0. The van der Waals surface area contributed by atoms with Crippen LogP contribution in [0.4, 0.5) is 0 Å². The lowest BCUT2D eigenvalue weighted by molar-refractivity contribution is -0.139. The number of carbonyl (C=O) groups excluding carboxylic acids is 1. The maximum absolute atomic E-state index is 11.6. The molecule has 4 nitrogen and oxygen atoms in total. The first-order valence-electron chi connectivity index (χ1n) is 18.0. The van der Waals surface area contributed by atoms with E-state index in [0.29, 0.717) is 24.4 Å². The zero-order valence-corrected chi connectivity index (χ0v) is 26.9. The Morgan fingerprint density at radius 2 is 1.07 bits per heavy atom. The predicted octanol–water partition coefficient (Wildman–Crippen LogP) is 10.7. The van der Waals surface area contributed by atoms with Gasteiger partial charge in [0.25, 0.3) is 0 Å². The fraction of sp³-hybridized carbons (Fsp3) is 0.865. The van der Waals surface area contributed by atoms with Crippen LogP contribution in [-0.4, -0.2) is 36.5 Å². The van der Waals surface area contributed by atoms with E-state index in [1.165, 1.54) is 148 Å². The van der Waals surface area contributed by atoms with Gasteiger partial charge in [0.1, 0.15) is 6.10 Å². The van der Waals surface area contributed by atoms with Crippen LogP contribution in [0.2, 0.25) is 0 Å². The first kappa shape index (κ1) is 34.4. The average Bonchev–Trinajstić information content (AvgIpc) is 3.87. The van der Waals surface area contributed by atoms with Gasteiger partial charge in [-0.25, -0.2) is 4.79 Å². The molecule has 4 heteroatoms. The van der Waals surface area contributed by atoms with Crippen LogP contribution in [0.3, 0.4) is 0 Å². The highest BCUT2D eigenvalue weighted by atomic mass is 16.6. The monoisotopic (exact) mass is 572 g/mol. The van der Waals surface area contributed by atoms with E-state index in [4.69, 9.17) is 14.2 Å². The summed E-state index contributed by atoms with van der Waals surface area (Å²) in [6, 6.07) is 0. The molecule has 2 fully saturated rings. The first-order chi connectivity index (χ1) is 20.2. The number of hydrogen-bond donors (Lipinski definition) is 0. The average molecular weight is 573 g/mol. The van der Waals surface area contributed by atoms with E-state index in [1.807, 2.05) is 13.0 Å².